The summed E-state index contributed by atoms with van der Waals surface area (Å²) in [5.74, 6) is 0.274. The van der Waals surface area contributed by atoms with E-state index in [0.717, 1.165) is 6.42 Å². The molecule has 0 N–H and O–H groups in total. The molecule has 0 fully saturated rings. The number of rotatable bonds is 6. The molecule has 0 saturated heterocycles. The predicted octanol–water partition coefficient (Wildman–Crippen LogP) is 3.09. The lowest BCUT2D eigenvalue weighted by Gasteiger charge is -2.12. The molecule has 1 unspecified atom stereocenters. The van der Waals surface area contributed by atoms with Crippen LogP contribution in [-0.4, -0.2) is 20.1 Å². The Labute approximate surface area is 112 Å². The largest absolute Gasteiger partial charge is 0.313 e. The Kier molecular flexibility index (Phi) is 5.14. The molecule has 0 saturated carbocycles. The highest BCUT2D eigenvalue weighted by Crippen LogP contribution is 2.27. The SMILES string of the molecule is CCCc1nn(C)c(CC(Cl)C(C)C)c1[N+](=O)[O-]. The van der Waals surface area contributed by atoms with Crippen molar-refractivity contribution in [2.24, 2.45) is 13.0 Å². The molecule has 0 spiro atoms. The van der Waals surface area contributed by atoms with Crippen LogP contribution in [0.4, 0.5) is 5.69 Å². The van der Waals surface area contributed by atoms with Gasteiger partial charge in [0.1, 0.15) is 11.4 Å². The summed E-state index contributed by atoms with van der Waals surface area (Å²) in [6.45, 7) is 6.00. The fourth-order valence-corrected chi connectivity index (χ4v) is 2.02. The molecule has 0 aliphatic rings. The van der Waals surface area contributed by atoms with Gasteiger partial charge < -0.3 is 0 Å². The van der Waals surface area contributed by atoms with E-state index in [1.165, 1.54) is 0 Å². The van der Waals surface area contributed by atoms with Gasteiger partial charge in [0.25, 0.3) is 0 Å². The Hall–Kier alpha value is -1.10. The van der Waals surface area contributed by atoms with Gasteiger partial charge in [-0.05, 0) is 12.3 Å². The zero-order chi connectivity index (χ0) is 13.9. The van der Waals surface area contributed by atoms with Crippen LogP contribution in [0.5, 0.6) is 0 Å². The molecule has 1 heterocycles. The first-order valence-corrected chi connectivity index (χ1v) is 6.65. The van der Waals surface area contributed by atoms with Gasteiger partial charge in [-0.25, -0.2) is 0 Å². The number of aromatic nitrogens is 2. The number of nitro groups is 1. The smallest absolute Gasteiger partial charge is 0.265 e. The molecule has 6 heteroatoms. The van der Waals surface area contributed by atoms with Crippen molar-refractivity contribution >= 4 is 17.3 Å². The molecule has 5 nitrogen and oxygen atoms in total. The van der Waals surface area contributed by atoms with Crippen LogP contribution in [-0.2, 0) is 19.9 Å². The Morgan fingerprint density at radius 2 is 2.11 bits per heavy atom. The van der Waals surface area contributed by atoms with Crippen LogP contribution in [0.1, 0.15) is 38.6 Å². The summed E-state index contributed by atoms with van der Waals surface area (Å²) >= 11 is 6.22. The highest BCUT2D eigenvalue weighted by molar-refractivity contribution is 6.20. The topological polar surface area (TPSA) is 61.0 Å². The summed E-state index contributed by atoms with van der Waals surface area (Å²) in [5.41, 5.74) is 1.33. The summed E-state index contributed by atoms with van der Waals surface area (Å²) in [6, 6.07) is 0. The minimum Gasteiger partial charge on any atom is -0.265 e. The number of hydrogen-bond donors (Lipinski definition) is 0. The molecule has 0 aromatic carbocycles. The molecule has 0 aliphatic heterocycles. The molecular formula is C12H20ClN3O2. The fraction of sp³-hybridized carbons (Fsp3) is 0.750. The van der Waals surface area contributed by atoms with Crippen LogP contribution in [0.3, 0.4) is 0 Å². The molecule has 1 aromatic rings. The van der Waals surface area contributed by atoms with Crippen molar-refractivity contribution in [2.45, 2.75) is 45.4 Å². The fourth-order valence-electron chi connectivity index (χ4n) is 1.87. The molecule has 0 radical (unpaired) electrons. The maximum atomic E-state index is 11.2. The van der Waals surface area contributed by atoms with Crippen molar-refractivity contribution in [3.05, 3.63) is 21.5 Å². The summed E-state index contributed by atoms with van der Waals surface area (Å²) in [5, 5.41) is 15.3. The number of halogens is 1. The molecule has 1 atom stereocenters. The first-order chi connectivity index (χ1) is 8.38. The average Bonchev–Trinajstić information content (AvgIpc) is 2.55. The highest BCUT2D eigenvalue weighted by Gasteiger charge is 2.27. The van der Waals surface area contributed by atoms with E-state index in [-0.39, 0.29) is 21.9 Å². The molecule has 0 amide bonds. The minimum atomic E-state index is -0.336. The van der Waals surface area contributed by atoms with Crippen molar-refractivity contribution in [1.29, 1.82) is 0 Å². The second-order valence-electron chi connectivity index (χ2n) is 4.84. The lowest BCUT2D eigenvalue weighted by molar-refractivity contribution is -0.386. The molecule has 0 bridgehead atoms. The Morgan fingerprint density at radius 1 is 1.50 bits per heavy atom. The maximum Gasteiger partial charge on any atom is 0.313 e. The summed E-state index contributed by atoms with van der Waals surface area (Å²) < 4.78 is 1.60. The van der Waals surface area contributed by atoms with Crippen molar-refractivity contribution in [2.75, 3.05) is 0 Å². The van der Waals surface area contributed by atoms with Gasteiger partial charge in [0.15, 0.2) is 0 Å². The first-order valence-electron chi connectivity index (χ1n) is 6.21. The van der Waals surface area contributed by atoms with Crippen LogP contribution in [0.2, 0.25) is 0 Å². The first kappa shape index (κ1) is 15.0. The lowest BCUT2D eigenvalue weighted by atomic mass is 10.0. The Bertz CT molecular complexity index is 429. The van der Waals surface area contributed by atoms with Crippen molar-refractivity contribution in [1.82, 2.24) is 9.78 Å². The van der Waals surface area contributed by atoms with E-state index in [1.807, 2.05) is 20.8 Å². The van der Waals surface area contributed by atoms with E-state index in [1.54, 1.807) is 11.7 Å². The van der Waals surface area contributed by atoms with E-state index < -0.39 is 0 Å². The van der Waals surface area contributed by atoms with Crippen molar-refractivity contribution in [3.8, 4) is 0 Å². The number of hydrogen-bond acceptors (Lipinski definition) is 3. The third-order valence-electron chi connectivity index (χ3n) is 2.99. The van der Waals surface area contributed by atoms with E-state index in [4.69, 9.17) is 11.6 Å². The zero-order valence-corrected chi connectivity index (χ0v) is 12.1. The Morgan fingerprint density at radius 3 is 2.56 bits per heavy atom. The van der Waals surface area contributed by atoms with Crippen molar-refractivity contribution in [3.63, 3.8) is 0 Å². The van der Waals surface area contributed by atoms with Crippen LogP contribution < -0.4 is 0 Å². The van der Waals surface area contributed by atoms with Gasteiger partial charge in [-0.2, -0.15) is 5.10 Å². The summed E-state index contributed by atoms with van der Waals surface area (Å²) in [7, 11) is 1.74. The van der Waals surface area contributed by atoms with Crippen molar-refractivity contribution < 1.29 is 4.92 Å². The molecular weight excluding hydrogens is 254 g/mol. The molecule has 18 heavy (non-hydrogen) atoms. The second kappa shape index (κ2) is 6.18. The minimum absolute atomic E-state index is 0.117. The Balaban J connectivity index is 3.13. The summed E-state index contributed by atoms with van der Waals surface area (Å²) in [4.78, 5) is 10.9. The van der Waals surface area contributed by atoms with Crippen LogP contribution in [0.15, 0.2) is 0 Å². The molecule has 102 valence electrons. The molecule has 1 aromatic heterocycles. The third kappa shape index (κ3) is 3.22. The van der Waals surface area contributed by atoms with E-state index in [9.17, 15) is 10.1 Å². The van der Waals surface area contributed by atoms with E-state index >= 15 is 0 Å². The van der Waals surface area contributed by atoms with Gasteiger partial charge in [0.05, 0.1) is 4.92 Å². The van der Waals surface area contributed by atoms with E-state index in [2.05, 4.69) is 5.10 Å². The van der Waals surface area contributed by atoms with Gasteiger partial charge in [0.2, 0.25) is 0 Å². The number of alkyl halides is 1. The van der Waals surface area contributed by atoms with Gasteiger partial charge >= 0.3 is 5.69 Å². The molecule has 0 aliphatic carbocycles. The van der Waals surface area contributed by atoms with Crippen LogP contribution >= 0.6 is 11.6 Å². The molecule has 1 rings (SSSR count). The van der Waals surface area contributed by atoms with Gasteiger partial charge in [-0.3, -0.25) is 14.8 Å². The third-order valence-corrected chi connectivity index (χ3v) is 3.65. The van der Waals surface area contributed by atoms with Gasteiger partial charge in [0, 0.05) is 18.8 Å². The summed E-state index contributed by atoms with van der Waals surface area (Å²) in [6.07, 6.45) is 1.94. The average molecular weight is 274 g/mol. The van der Waals surface area contributed by atoms with Crippen LogP contribution in [0, 0.1) is 16.0 Å². The van der Waals surface area contributed by atoms with E-state index in [0.29, 0.717) is 24.2 Å². The number of aryl methyl sites for hydroxylation is 2. The normalized spacial score (nSPS) is 13.0. The quantitative estimate of drug-likeness (QED) is 0.455. The van der Waals surface area contributed by atoms with Gasteiger partial charge in [-0.1, -0.05) is 27.2 Å². The number of nitrogens with zero attached hydrogens (tertiary/aromatic N) is 3. The zero-order valence-electron chi connectivity index (χ0n) is 11.3. The van der Waals surface area contributed by atoms with Gasteiger partial charge in [-0.15, -0.1) is 11.6 Å². The monoisotopic (exact) mass is 273 g/mol. The highest BCUT2D eigenvalue weighted by atomic mass is 35.5. The van der Waals surface area contributed by atoms with Crippen LogP contribution in [0.25, 0.3) is 0 Å². The maximum absolute atomic E-state index is 11.2. The lowest BCUT2D eigenvalue weighted by Crippen LogP contribution is -2.14. The second-order valence-corrected chi connectivity index (χ2v) is 5.40. The standard InChI is InChI=1S/C12H20ClN3O2/c1-5-6-10-12(16(17)18)11(15(4)14-10)7-9(13)8(2)3/h8-9H,5-7H2,1-4H3. The predicted molar refractivity (Wildman–Crippen MR) is 72.0 cm³/mol.